The molecule has 0 saturated carbocycles. The number of rotatable bonds is 3. The predicted molar refractivity (Wildman–Crippen MR) is 76.2 cm³/mol. The lowest BCUT2D eigenvalue weighted by Gasteiger charge is -2.13. The summed E-state index contributed by atoms with van der Waals surface area (Å²) in [7, 11) is 4.13. The van der Waals surface area contributed by atoms with Crippen molar-refractivity contribution in [1.29, 1.82) is 0 Å². The summed E-state index contributed by atoms with van der Waals surface area (Å²) in [5, 5.41) is 0. The van der Waals surface area contributed by atoms with Crippen molar-refractivity contribution >= 4 is 11.8 Å². The summed E-state index contributed by atoms with van der Waals surface area (Å²) in [5.74, 6) is 0. The molecule has 0 aliphatic heterocycles. The van der Waals surface area contributed by atoms with Crippen LogP contribution in [0.5, 0.6) is 0 Å². The molecule has 0 fully saturated rings. The zero-order valence-electron chi connectivity index (χ0n) is 11.5. The van der Waals surface area contributed by atoms with Gasteiger partial charge in [0.2, 0.25) is 0 Å². The molecule has 16 heavy (non-hydrogen) atoms. The molecule has 0 aromatic heterocycles. The van der Waals surface area contributed by atoms with Crippen molar-refractivity contribution in [2.24, 2.45) is 0 Å². The van der Waals surface area contributed by atoms with Gasteiger partial charge in [-0.3, -0.25) is 0 Å². The van der Waals surface area contributed by atoms with E-state index >= 15 is 0 Å². The summed E-state index contributed by atoms with van der Waals surface area (Å²) in [6, 6.07) is 6.55. The van der Waals surface area contributed by atoms with E-state index in [1.54, 1.807) is 0 Å². The Morgan fingerprint density at radius 3 is 2.25 bits per heavy atom. The van der Waals surface area contributed by atoms with Gasteiger partial charge in [-0.25, -0.2) is 0 Å². The largest absolute Gasteiger partial charge is 0.378 e. The smallest absolute Gasteiger partial charge is 0.0364 e. The molecule has 0 aliphatic carbocycles. The van der Waals surface area contributed by atoms with E-state index in [9.17, 15) is 0 Å². The van der Waals surface area contributed by atoms with E-state index in [-0.39, 0.29) is 0 Å². The summed E-state index contributed by atoms with van der Waals surface area (Å²) in [6.07, 6.45) is 5.47. The van der Waals surface area contributed by atoms with Crippen LogP contribution >= 0.6 is 0 Å². The molecule has 0 atom stereocenters. The molecule has 1 rings (SSSR count). The van der Waals surface area contributed by atoms with Crippen LogP contribution in [0.1, 0.15) is 38.3 Å². The van der Waals surface area contributed by atoms with Gasteiger partial charge in [-0.05, 0) is 36.6 Å². The second-order valence-corrected chi connectivity index (χ2v) is 3.75. The fourth-order valence-electron chi connectivity index (χ4n) is 1.37. The first kappa shape index (κ1) is 14.8. The van der Waals surface area contributed by atoms with E-state index in [1.807, 2.05) is 13.8 Å². The van der Waals surface area contributed by atoms with Crippen LogP contribution in [0.3, 0.4) is 0 Å². The maximum absolute atomic E-state index is 2.22. The highest BCUT2D eigenvalue weighted by Crippen LogP contribution is 2.18. The zero-order chi connectivity index (χ0) is 12.6. The van der Waals surface area contributed by atoms with Gasteiger partial charge in [0.25, 0.3) is 0 Å². The van der Waals surface area contributed by atoms with Crippen LogP contribution < -0.4 is 4.90 Å². The lowest BCUT2D eigenvalue weighted by Crippen LogP contribution is -2.08. The molecular formula is C15H25N. The summed E-state index contributed by atoms with van der Waals surface area (Å²) < 4.78 is 0. The minimum absolute atomic E-state index is 1.09. The molecule has 1 aromatic rings. The van der Waals surface area contributed by atoms with E-state index in [0.29, 0.717) is 0 Å². The first-order valence-corrected chi connectivity index (χ1v) is 6.09. The number of hydrogen-bond donors (Lipinski definition) is 0. The van der Waals surface area contributed by atoms with Gasteiger partial charge in [-0.1, -0.05) is 39.0 Å². The van der Waals surface area contributed by atoms with E-state index in [0.717, 1.165) is 6.42 Å². The monoisotopic (exact) mass is 219 g/mol. The van der Waals surface area contributed by atoms with Gasteiger partial charge in [0, 0.05) is 19.8 Å². The maximum atomic E-state index is 2.22. The molecule has 0 N–H and O–H groups in total. The molecule has 1 aromatic carbocycles. The SMILES string of the molecule is CC.CC/C=C\c1ccc(N(C)C)cc1C. The molecule has 0 heterocycles. The second kappa shape index (κ2) is 7.98. The fourth-order valence-corrected chi connectivity index (χ4v) is 1.37. The third-order valence-electron chi connectivity index (χ3n) is 2.30. The van der Waals surface area contributed by atoms with E-state index in [2.05, 4.69) is 63.2 Å². The highest BCUT2D eigenvalue weighted by molar-refractivity contribution is 5.59. The number of hydrogen-bond acceptors (Lipinski definition) is 1. The van der Waals surface area contributed by atoms with Gasteiger partial charge in [0.1, 0.15) is 0 Å². The third-order valence-corrected chi connectivity index (χ3v) is 2.30. The lowest BCUT2D eigenvalue weighted by atomic mass is 10.1. The first-order chi connectivity index (χ1) is 7.65. The van der Waals surface area contributed by atoms with E-state index in [4.69, 9.17) is 0 Å². The average Bonchev–Trinajstić information content (AvgIpc) is 2.30. The number of allylic oxidation sites excluding steroid dienone is 1. The Labute approximate surface area is 101 Å². The van der Waals surface area contributed by atoms with Crippen molar-refractivity contribution in [2.75, 3.05) is 19.0 Å². The average molecular weight is 219 g/mol. The van der Waals surface area contributed by atoms with Crippen LogP contribution in [-0.4, -0.2) is 14.1 Å². The number of benzene rings is 1. The molecule has 90 valence electrons. The van der Waals surface area contributed by atoms with Crippen molar-refractivity contribution in [3.63, 3.8) is 0 Å². The molecule has 0 amide bonds. The molecule has 0 unspecified atom stereocenters. The topological polar surface area (TPSA) is 3.24 Å². The minimum atomic E-state index is 1.09. The lowest BCUT2D eigenvalue weighted by molar-refractivity contribution is 1.13. The molecular weight excluding hydrogens is 194 g/mol. The Hall–Kier alpha value is -1.24. The van der Waals surface area contributed by atoms with Gasteiger partial charge < -0.3 is 4.90 Å². The normalized spacial score (nSPS) is 9.88. The Morgan fingerprint density at radius 2 is 1.81 bits per heavy atom. The molecule has 1 nitrogen and oxygen atoms in total. The summed E-state index contributed by atoms with van der Waals surface area (Å²) in [5.41, 5.74) is 3.91. The summed E-state index contributed by atoms with van der Waals surface area (Å²) in [6.45, 7) is 8.31. The van der Waals surface area contributed by atoms with Crippen LogP contribution in [0.2, 0.25) is 0 Å². The summed E-state index contributed by atoms with van der Waals surface area (Å²) >= 11 is 0. The highest BCUT2D eigenvalue weighted by atomic mass is 15.1. The van der Waals surface area contributed by atoms with Gasteiger partial charge >= 0.3 is 0 Å². The number of anilines is 1. The van der Waals surface area contributed by atoms with E-state index in [1.165, 1.54) is 16.8 Å². The van der Waals surface area contributed by atoms with Crippen molar-refractivity contribution < 1.29 is 0 Å². The molecule has 0 spiro atoms. The van der Waals surface area contributed by atoms with Gasteiger partial charge in [-0.2, -0.15) is 0 Å². The number of nitrogens with zero attached hydrogens (tertiary/aromatic N) is 1. The predicted octanol–water partition coefficient (Wildman–Crippen LogP) is 4.51. The standard InChI is InChI=1S/C13H19N.C2H6/c1-5-6-7-12-8-9-13(14(3)4)10-11(12)2;1-2/h6-10H,5H2,1-4H3;1-2H3/b7-6-;. The quantitative estimate of drug-likeness (QED) is 0.723. The highest BCUT2D eigenvalue weighted by Gasteiger charge is 1.98. The van der Waals surface area contributed by atoms with Crippen LogP contribution in [0, 0.1) is 6.92 Å². The minimum Gasteiger partial charge on any atom is -0.378 e. The third kappa shape index (κ3) is 4.52. The summed E-state index contributed by atoms with van der Waals surface area (Å²) in [4.78, 5) is 2.13. The van der Waals surface area contributed by atoms with Gasteiger partial charge in [0.15, 0.2) is 0 Å². The molecule has 0 aliphatic rings. The Balaban J connectivity index is 0.00000106. The molecule has 1 heteroatoms. The maximum Gasteiger partial charge on any atom is 0.0364 e. The first-order valence-electron chi connectivity index (χ1n) is 6.09. The molecule has 0 saturated heterocycles. The van der Waals surface area contributed by atoms with E-state index < -0.39 is 0 Å². The van der Waals surface area contributed by atoms with Crippen LogP contribution in [0.4, 0.5) is 5.69 Å². The number of aryl methyl sites for hydroxylation is 1. The van der Waals surface area contributed by atoms with Crippen molar-refractivity contribution in [1.82, 2.24) is 0 Å². The fraction of sp³-hybridized carbons (Fsp3) is 0.467. The van der Waals surface area contributed by atoms with Crippen LogP contribution in [0.15, 0.2) is 24.3 Å². The van der Waals surface area contributed by atoms with Crippen molar-refractivity contribution in [3.8, 4) is 0 Å². The van der Waals surface area contributed by atoms with Gasteiger partial charge in [-0.15, -0.1) is 0 Å². The van der Waals surface area contributed by atoms with Crippen molar-refractivity contribution in [2.45, 2.75) is 34.1 Å². The Kier molecular flexibility index (Phi) is 7.36. The van der Waals surface area contributed by atoms with Crippen molar-refractivity contribution in [3.05, 3.63) is 35.4 Å². The Morgan fingerprint density at radius 1 is 1.19 bits per heavy atom. The Bertz CT molecular complexity index is 324. The van der Waals surface area contributed by atoms with Gasteiger partial charge in [0.05, 0.1) is 0 Å². The molecule has 0 bridgehead atoms. The second-order valence-electron chi connectivity index (χ2n) is 3.75. The van der Waals surface area contributed by atoms with Crippen LogP contribution in [0.25, 0.3) is 6.08 Å². The van der Waals surface area contributed by atoms with Crippen LogP contribution in [-0.2, 0) is 0 Å². The zero-order valence-corrected chi connectivity index (χ0v) is 11.5. The molecule has 0 radical (unpaired) electrons.